The van der Waals surface area contributed by atoms with Crippen LogP contribution in [0, 0.1) is 6.92 Å². The molecule has 0 aliphatic rings. The lowest BCUT2D eigenvalue weighted by Gasteiger charge is -2.18. The van der Waals surface area contributed by atoms with Gasteiger partial charge in [-0.15, -0.1) is 0 Å². The second-order valence-corrected chi connectivity index (χ2v) is 4.52. The largest absolute Gasteiger partial charge is 0.398 e. The van der Waals surface area contributed by atoms with Crippen molar-refractivity contribution in [2.24, 2.45) is 0 Å². The minimum Gasteiger partial charge on any atom is -0.398 e. The Hall–Kier alpha value is -2.36. The Kier molecular flexibility index (Phi) is 3.80. The Morgan fingerprint density at radius 1 is 1.21 bits per heavy atom. The van der Waals surface area contributed by atoms with Gasteiger partial charge in [0.1, 0.15) is 5.69 Å². The number of amides is 1. The third kappa shape index (κ3) is 3.10. The number of anilines is 1. The van der Waals surface area contributed by atoms with E-state index in [4.69, 9.17) is 5.73 Å². The highest BCUT2D eigenvalue weighted by Crippen LogP contribution is 2.14. The van der Waals surface area contributed by atoms with Gasteiger partial charge in [-0.2, -0.15) is 0 Å². The predicted octanol–water partition coefficient (Wildman–Crippen LogP) is 2.24. The molecular formula is C15H17N3O. The van der Waals surface area contributed by atoms with E-state index >= 15 is 0 Å². The van der Waals surface area contributed by atoms with Crippen molar-refractivity contribution in [1.29, 1.82) is 0 Å². The van der Waals surface area contributed by atoms with Crippen molar-refractivity contribution >= 4 is 11.6 Å². The molecule has 4 nitrogen and oxygen atoms in total. The first-order chi connectivity index (χ1) is 9.08. The molecule has 0 spiro atoms. The molecule has 2 rings (SSSR count). The minimum absolute atomic E-state index is 0.105. The number of pyridine rings is 1. The van der Waals surface area contributed by atoms with Crippen LogP contribution in [0.25, 0.3) is 0 Å². The highest BCUT2D eigenvalue weighted by atomic mass is 16.2. The average molecular weight is 255 g/mol. The molecule has 0 bridgehead atoms. The van der Waals surface area contributed by atoms with Gasteiger partial charge in [-0.3, -0.25) is 4.79 Å². The Morgan fingerprint density at radius 2 is 1.95 bits per heavy atom. The molecule has 2 aromatic rings. The van der Waals surface area contributed by atoms with Gasteiger partial charge in [0.15, 0.2) is 0 Å². The summed E-state index contributed by atoms with van der Waals surface area (Å²) in [4.78, 5) is 18.1. The number of nitrogens with zero attached hydrogens (tertiary/aromatic N) is 2. The molecule has 0 saturated carbocycles. The van der Waals surface area contributed by atoms with Crippen LogP contribution in [0.2, 0.25) is 0 Å². The van der Waals surface area contributed by atoms with Gasteiger partial charge in [0.25, 0.3) is 5.91 Å². The van der Waals surface area contributed by atoms with E-state index in [9.17, 15) is 4.79 Å². The number of carbonyl (C=O) groups excluding carboxylic acids is 1. The quantitative estimate of drug-likeness (QED) is 0.856. The average Bonchev–Trinajstić information content (AvgIpc) is 2.40. The molecule has 4 heteroatoms. The number of aromatic nitrogens is 1. The molecule has 0 fully saturated rings. The van der Waals surface area contributed by atoms with Crippen molar-refractivity contribution < 1.29 is 4.79 Å². The number of benzene rings is 1. The third-order valence-corrected chi connectivity index (χ3v) is 2.92. The molecule has 0 aliphatic carbocycles. The normalized spacial score (nSPS) is 10.2. The maximum absolute atomic E-state index is 12.2. The van der Waals surface area contributed by atoms with Crippen LogP contribution in [-0.4, -0.2) is 22.8 Å². The third-order valence-electron chi connectivity index (χ3n) is 2.92. The Morgan fingerprint density at radius 3 is 2.63 bits per heavy atom. The number of hydrogen-bond donors (Lipinski definition) is 1. The zero-order valence-electron chi connectivity index (χ0n) is 11.1. The van der Waals surface area contributed by atoms with Crippen molar-refractivity contribution in [3.63, 3.8) is 0 Å². The van der Waals surface area contributed by atoms with E-state index in [0.29, 0.717) is 17.9 Å². The molecule has 2 N–H and O–H groups in total. The van der Waals surface area contributed by atoms with Gasteiger partial charge in [0.05, 0.1) is 0 Å². The first kappa shape index (κ1) is 13.1. The van der Waals surface area contributed by atoms with E-state index in [1.54, 1.807) is 18.0 Å². The van der Waals surface area contributed by atoms with Crippen LogP contribution < -0.4 is 5.73 Å². The molecule has 1 aromatic heterocycles. The van der Waals surface area contributed by atoms with Gasteiger partial charge in [-0.05, 0) is 30.7 Å². The lowest BCUT2D eigenvalue weighted by Crippen LogP contribution is -2.27. The Bertz CT molecular complexity index is 595. The fourth-order valence-corrected chi connectivity index (χ4v) is 1.86. The molecule has 98 valence electrons. The number of aryl methyl sites for hydroxylation is 1. The first-order valence-corrected chi connectivity index (χ1v) is 6.10. The van der Waals surface area contributed by atoms with Gasteiger partial charge >= 0.3 is 0 Å². The molecule has 0 aliphatic heterocycles. The maximum atomic E-state index is 12.2. The topological polar surface area (TPSA) is 59.2 Å². The number of nitrogen functional groups attached to an aromatic ring is 1. The van der Waals surface area contributed by atoms with Crippen LogP contribution in [0.1, 0.15) is 21.7 Å². The summed E-state index contributed by atoms with van der Waals surface area (Å²) in [6.07, 6.45) is 0. The smallest absolute Gasteiger partial charge is 0.272 e. The second kappa shape index (κ2) is 5.52. The summed E-state index contributed by atoms with van der Waals surface area (Å²) in [7, 11) is 1.75. The van der Waals surface area contributed by atoms with E-state index in [2.05, 4.69) is 4.98 Å². The highest BCUT2D eigenvalue weighted by Gasteiger charge is 2.14. The van der Waals surface area contributed by atoms with Crippen LogP contribution in [0.15, 0.2) is 42.5 Å². The van der Waals surface area contributed by atoms with Crippen LogP contribution in [0.5, 0.6) is 0 Å². The summed E-state index contributed by atoms with van der Waals surface area (Å²) in [5.74, 6) is -0.105. The summed E-state index contributed by atoms with van der Waals surface area (Å²) in [5, 5.41) is 0. The molecule has 0 unspecified atom stereocenters. The monoisotopic (exact) mass is 255 g/mol. The molecular weight excluding hydrogens is 238 g/mol. The lowest BCUT2D eigenvalue weighted by molar-refractivity contribution is 0.0779. The maximum Gasteiger partial charge on any atom is 0.272 e. The van der Waals surface area contributed by atoms with Crippen LogP contribution >= 0.6 is 0 Å². The highest BCUT2D eigenvalue weighted by molar-refractivity contribution is 5.92. The van der Waals surface area contributed by atoms with Crippen LogP contribution in [0.4, 0.5) is 5.69 Å². The molecule has 1 aromatic carbocycles. The standard InChI is InChI=1S/C15H17N3O/c1-11-6-5-9-14(17-11)15(19)18(2)10-12-7-3-4-8-13(12)16/h3-9H,10,16H2,1-2H3. The van der Waals surface area contributed by atoms with Gasteiger partial charge < -0.3 is 10.6 Å². The SMILES string of the molecule is Cc1cccc(C(=O)N(C)Cc2ccccc2N)n1. The van der Waals surface area contributed by atoms with Crippen molar-refractivity contribution in [1.82, 2.24) is 9.88 Å². The van der Waals surface area contributed by atoms with Crippen LogP contribution in [-0.2, 0) is 6.54 Å². The Balaban J connectivity index is 2.14. The van der Waals surface area contributed by atoms with Gasteiger partial charge in [-0.1, -0.05) is 24.3 Å². The summed E-state index contributed by atoms with van der Waals surface area (Å²) < 4.78 is 0. The molecule has 0 saturated heterocycles. The fourth-order valence-electron chi connectivity index (χ4n) is 1.86. The zero-order valence-corrected chi connectivity index (χ0v) is 11.1. The van der Waals surface area contributed by atoms with Crippen molar-refractivity contribution in [2.75, 3.05) is 12.8 Å². The lowest BCUT2D eigenvalue weighted by atomic mass is 10.1. The summed E-state index contributed by atoms with van der Waals surface area (Å²) >= 11 is 0. The molecule has 0 atom stereocenters. The van der Waals surface area contributed by atoms with Gasteiger partial charge in [0, 0.05) is 25.0 Å². The second-order valence-electron chi connectivity index (χ2n) is 4.52. The number of hydrogen-bond acceptors (Lipinski definition) is 3. The molecule has 0 radical (unpaired) electrons. The molecule has 19 heavy (non-hydrogen) atoms. The van der Waals surface area contributed by atoms with Crippen molar-refractivity contribution in [3.05, 3.63) is 59.4 Å². The number of para-hydroxylation sites is 1. The number of nitrogens with two attached hydrogens (primary N) is 1. The minimum atomic E-state index is -0.105. The van der Waals surface area contributed by atoms with E-state index in [1.165, 1.54) is 0 Å². The van der Waals surface area contributed by atoms with Crippen LogP contribution in [0.3, 0.4) is 0 Å². The summed E-state index contributed by atoms with van der Waals surface area (Å²) in [6, 6.07) is 13.0. The van der Waals surface area contributed by atoms with E-state index in [1.807, 2.05) is 43.3 Å². The summed E-state index contributed by atoms with van der Waals surface area (Å²) in [6.45, 7) is 2.34. The van der Waals surface area contributed by atoms with E-state index in [-0.39, 0.29) is 5.91 Å². The van der Waals surface area contributed by atoms with Gasteiger partial charge in [-0.25, -0.2) is 4.98 Å². The Labute approximate surface area is 112 Å². The molecule has 1 heterocycles. The fraction of sp³-hybridized carbons (Fsp3) is 0.200. The predicted molar refractivity (Wildman–Crippen MR) is 75.6 cm³/mol. The summed E-state index contributed by atoms with van der Waals surface area (Å²) in [5.41, 5.74) is 8.80. The zero-order chi connectivity index (χ0) is 13.8. The van der Waals surface area contributed by atoms with Gasteiger partial charge in [0.2, 0.25) is 0 Å². The molecule has 1 amide bonds. The number of rotatable bonds is 3. The van der Waals surface area contributed by atoms with E-state index in [0.717, 1.165) is 11.3 Å². The van der Waals surface area contributed by atoms with Crippen molar-refractivity contribution in [2.45, 2.75) is 13.5 Å². The van der Waals surface area contributed by atoms with E-state index < -0.39 is 0 Å². The first-order valence-electron chi connectivity index (χ1n) is 6.10. The number of carbonyl (C=O) groups is 1. The van der Waals surface area contributed by atoms with Crippen molar-refractivity contribution in [3.8, 4) is 0 Å².